The number of rotatable bonds is 5. The number of nitrogens with zero attached hydrogens (tertiary/aromatic N) is 3. The van der Waals surface area contributed by atoms with E-state index < -0.39 is 0 Å². The molecule has 1 aliphatic carbocycles. The Bertz CT molecular complexity index is 769. The van der Waals surface area contributed by atoms with Gasteiger partial charge in [-0.1, -0.05) is 37.5 Å². The molecule has 142 valence electrons. The molecule has 7 heteroatoms. The Morgan fingerprint density at radius 1 is 1.46 bits per heavy atom. The second-order valence-electron chi connectivity index (χ2n) is 8.17. The monoisotopic (exact) mass is 378 g/mol. The zero-order valence-electron chi connectivity index (χ0n) is 15.9. The summed E-state index contributed by atoms with van der Waals surface area (Å²) in [5, 5.41) is 12.0. The zero-order chi connectivity index (χ0) is 18.9. The third-order valence-corrected chi connectivity index (χ3v) is 5.59. The van der Waals surface area contributed by atoms with Crippen LogP contribution >= 0.6 is 11.6 Å². The van der Waals surface area contributed by atoms with Crippen LogP contribution in [0.2, 0.25) is 5.02 Å². The number of carbonyl (C=O) groups excluding carboxylic acids is 1. The highest BCUT2D eigenvalue weighted by Crippen LogP contribution is 2.38. The summed E-state index contributed by atoms with van der Waals surface area (Å²) in [7, 11) is 0. The van der Waals surface area contributed by atoms with E-state index in [1.807, 2.05) is 6.92 Å². The van der Waals surface area contributed by atoms with Gasteiger partial charge in [-0.3, -0.25) is 9.48 Å². The molecule has 0 radical (unpaired) electrons. The Morgan fingerprint density at radius 2 is 2.23 bits per heavy atom. The average molecular weight is 379 g/mol. The van der Waals surface area contributed by atoms with E-state index >= 15 is 0 Å². The lowest BCUT2D eigenvalue weighted by atomic mass is 9.71. The van der Waals surface area contributed by atoms with Crippen molar-refractivity contribution in [3.8, 4) is 0 Å². The van der Waals surface area contributed by atoms with Crippen molar-refractivity contribution in [3.05, 3.63) is 33.9 Å². The summed E-state index contributed by atoms with van der Waals surface area (Å²) in [6.07, 6.45) is 5.37. The lowest BCUT2D eigenvalue weighted by Crippen LogP contribution is -2.30. The van der Waals surface area contributed by atoms with Crippen LogP contribution < -0.4 is 5.32 Å². The number of aromatic nitrogens is 3. The molecule has 0 spiro atoms. The number of hydrogen-bond donors (Lipinski definition) is 1. The maximum Gasteiger partial charge on any atom is 0.273 e. The van der Waals surface area contributed by atoms with Gasteiger partial charge in [0.1, 0.15) is 5.76 Å². The summed E-state index contributed by atoms with van der Waals surface area (Å²) in [4.78, 5) is 12.5. The minimum atomic E-state index is -0.153. The standard InChI is InChI=1S/C19H27ClN4O2/c1-12-15(20)11-24(22-12)9-5-8-21-18(25)17-14-10-13(19(2,3)4)6-7-16(14)26-23-17/h11,13H,5-10H2,1-4H3,(H,21,25). The Kier molecular flexibility index (Phi) is 5.42. The van der Waals surface area contributed by atoms with E-state index in [2.05, 4.69) is 36.3 Å². The molecular weight excluding hydrogens is 352 g/mol. The van der Waals surface area contributed by atoms with Gasteiger partial charge in [-0.15, -0.1) is 0 Å². The highest BCUT2D eigenvalue weighted by atomic mass is 35.5. The second-order valence-corrected chi connectivity index (χ2v) is 8.58. The average Bonchev–Trinajstić information content (AvgIpc) is 3.13. The van der Waals surface area contributed by atoms with Crippen LogP contribution in [-0.2, 0) is 19.4 Å². The maximum absolute atomic E-state index is 12.5. The van der Waals surface area contributed by atoms with Gasteiger partial charge in [0.05, 0.1) is 10.7 Å². The van der Waals surface area contributed by atoms with E-state index in [9.17, 15) is 4.79 Å². The summed E-state index contributed by atoms with van der Waals surface area (Å²) in [5.41, 5.74) is 2.47. The molecule has 2 heterocycles. The smallest absolute Gasteiger partial charge is 0.273 e. The molecule has 0 aromatic carbocycles. The lowest BCUT2D eigenvalue weighted by Gasteiger charge is -2.33. The second kappa shape index (κ2) is 7.43. The molecule has 1 aliphatic rings. The van der Waals surface area contributed by atoms with Gasteiger partial charge in [0.25, 0.3) is 5.91 Å². The molecule has 0 bridgehead atoms. The highest BCUT2D eigenvalue weighted by Gasteiger charge is 2.34. The number of aryl methyl sites for hydroxylation is 3. The Morgan fingerprint density at radius 3 is 2.88 bits per heavy atom. The molecule has 0 saturated heterocycles. The molecule has 2 aromatic rings. The van der Waals surface area contributed by atoms with Gasteiger partial charge >= 0.3 is 0 Å². The molecule has 0 saturated carbocycles. The Balaban J connectivity index is 1.55. The van der Waals surface area contributed by atoms with Crippen molar-refractivity contribution >= 4 is 17.5 Å². The molecule has 0 fully saturated rings. The molecule has 1 amide bonds. The van der Waals surface area contributed by atoms with Gasteiger partial charge < -0.3 is 9.84 Å². The third kappa shape index (κ3) is 4.11. The maximum atomic E-state index is 12.5. The van der Waals surface area contributed by atoms with E-state index in [1.54, 1.807) is 10.9 Å². The van der Waals surface area contributed by atoms with Crippen LogP contribution in [0.5, 0.6) is 0 Å². The van der Waals surface area contributed by atoms with Gasteiger partial charge in [-0.2, -0.15) is 5.10 Å². The minimum Gasteiger partial charge on any atom is -0.360 e. The van der Waals surface area contributed by atoms with E-state index in [4.69, 9.17) is 16.1 Å². The summed E-state index contributed by atoms with van der Waals surface area (Å²) in [6, 6.07) is 0. The quantitative estimate of drug-likeness (QED) is 0.803. The minimum absolute atomic E-state index is 0.153. The van der Waals surface area contributed by atoms with Crippen LogP contribution in [0.1, 0.15) is 61.1 Å². The summed E-state index contributed by atoms with van der Waals surface area (Å²) < 4.78 is 7.22. The predicted molar refractivity (Wildman–Crippen MR) is 100 cm³/mol. The molecular formula is C19H27ClN4O2. The number of nitrogens with one attached hydrogen (secondary N) is 1. The molecule has 6 nitrogen and oxygen atoms in total. The molecule has 2 aromatic heterocycles. The van der Waals surface area contributed by atoms with Crippen LogP contribution in [0.4, 0.5) is 0 Å². The van der Waals surface area contributed by atoms with Crippen molar-refractivity contribution in [3.63, 3.8) is 0 Å². The van der Waals surface area contributed by atoms with Crippen molar-refractivity contribution in [1.82, 2.24) is 20.3 Å². The molecule has 26 heavy (non-hydrogen) atoms. The SMILES string of the molecule is Cc1nn(CCCNC(=O)c2noc3c2CC(C(C)(C)C)CC3)cc1Cl. The fourth-order valence-electron chi connectivity index (χ4n) is 3.46. The van der Waals surface area contributed by atoms with E-state index in [0.717, 1.165) is 42.7 Å². The summed E-state index contributed by atoms with van der Waals surface area (Å²) >= 11 is 6.00. The van der Waals surface area contributed by atoms with Crippen LogP contribution in [0.15, 0.2) is 10.7 Å². The molecule has 0 aliphatic heterocycles. The fraction of sp³-hybridized carbons (Fsp3) is 0.632. The van der Waals surface area contributed by atoms with Gasteiger partial charge in [-0.25, -0.2) is 0 Å². The number of fused-ring (bicyclic) bond motifs is 1. The van der Waals surface area contributed by atoms with E-state index in [0.29, 0.717) is 29.7 Å². The number of hydrogen-bond acceptors (Lipinski definition) is 4. The van der Waals surface area contributed by atoms with Crippen LogP contribution in [0.3, 0.4) is 0 Å². The van der Waals surface area contributed by atoms with Crippen LogP contribution in [0, 0.1) is 18.3 Å². The largest absolute Gasteiger partial charge is 0.360 e. The Labute approximate surface area is 159 Å². The Hall–Kier alpha value is -1.82. The van der Waals surface area contributed by atoms with Crippen LogP contribution in [-0.4, -0.2) is 27.4 Å². The highest BCUT2D eigenvalue weighted by molar-refractivity contribution is 6.31. The van der Waals surface area contributed by atoms with Gasteiger partial charge in [-0.05, 0) is 37.5 Å². The van der Waals surface area contributed by atoms with Gasteiger partial charge in [0.15, 0.2) is 5.69 Å². The van der Waals surface area contributed by atoms with Crippen LogP contribution in [0.25, 0.3) is 0 Å². The first-order valence-electron chi connectivity index (χ1n) is 9.21. The van der Waals surface area contributed by atoms with Gasteiger partial charge in [0.2, 0.25) is 0 Å². The number of carbonyl (C=O) groups is 1. The first kappa shape index (κ1) is 19.0. The molecule has 1 unspecified atom stereocenters. The summed E-state index contributed by atoms with van der Waals surface area (Å²) in [5.74, 6) is 1.25. The van der Waals surface area contributed by atoms with Crippen molar-refractivity contribution in [2.75, 3.05) is 6.54 Å². The summed E-state index contributed by atoms with van der Waals surface area (Å²) in [6.45, 7) is 9.88. The van der Waals surface area contributed by atoms with Crippen molar-refractivity contribution in [1.29, 1.82) is 0 Å². The topological polar surface area (TPSA) is 73.0 Å². The fourth-order valence-corrected chi connectivity index (χ4v) is 3.61. The van der Waals surface area contributed by atoms with Gasteiger partial charge in [0, 0.05) is 31.3 Å². The van der Waals surface area contributed by atoms with Crippen molar-refractivity contribution < 1.29 is 9.32 Å². The van der Waals surface area contributed by atoms with Crippen molar-refractivity contribution in [2.45, 2.75) is 59.9 Å². The lowest BCUT2D eigenvalue weighted by molar-refractivity contribution is 0.0942. The number of amides is 1. The number of halogens is 1. The molecule has 3 rings (SSSR count). The van der Waals surface area contributed by atoms with E-state index in [-0.39, 0.29) is 11.3 Å². The molecule has 1 N–H and O–H groups in total. The normalized spacial score (nSPS) is 17.2. The van der Waals surface area contributed by atoms with E-state index in [1.165, 1.54) is 0 Å². The zero-order valence-corrected chi connectivity index (χ0v) is 16.7. The predicted octanol–water partition coefficient (Wildman–Crippen LogP) is 3.80. The molecule has 1 atom stereocenters. The first-order valence-corrected chi connectivity index (χ1v) is 9.58. The third-order valence-electron chi connectivity index (χ3n) is 5.22. The first-order chi connectivity index (χ1) is 12.3. The van der Waals surface area contributed by atoms with Crippen molar-refractivity contribution in [2.24, 2.45) is 11.3 Å².